The summed E-state index contributed by atoms with van der Waals surface area (Å²) in [6, 6.07) is 22.2. The van der Waals surface area contributed by atoms with Crippen molar-refractivity contribution in [3.05, 3.63) is 112 Å². The maximum Gasteiger partial charge on any atom is 0.226 e. The van der Waals surface area contributed by atoms with Gasteiger partial charge in [0, 0.05) is 41.9 Å². The van der Waals surface area contributed by atoms with Gasteiger partial charge >= 0.3 is 0 Å². The number of amides is 1. The van der Waals surface area contributed by atoms with Gasteiger partial charge in [-0.05, 0) is 99.4 Å². The lowest BCUT2D eigenvalue weighted by atomic mass is 9.96. The van der Waals surface area contributed by atoms with Gasteiger partial charge in [0.15, 0.2) is 5.11 Å². The summed E-state index contributed by atoms with van der Waals surface area (Å²) in [5.41, 5.74) is 10.0. The number of hydrogen-bond acceptors (Lipinski definition) is 3. The minimum Gasteiger partial charge on any atom is -0.352 e. The molecule has 2 aromatic heterocycles. The molecule has 4 aromatic rings. The average molecular weight is 538 g/mol. The number of carbonyl (C=O) groups is 1. The standard InChI is InChI=1S/C32H35N5OS/c1-20-12-10-15-28(23(20)4)37-22(3)19-25(24(37)5)31-30(27-14-8-9-17-33-27)35-32(39)36(31)18-16-29(38)34-26-13-7-6-11-21(26)2/h6-15,17,19,30-31H,16,18H2,1-5H3,(H,34,38)(H,35,39)/t30-,31+/m0/s1. The molecule has 39 heavy (non-hydrogen) atoms. The molecule has 2 atom stereocenters. The number of thiocarbonyl (C=S) groups is 1. The summed E-state index contributed by atoms with van der Waals surface area (Å²) in [6.45, 7) is 11.1. The van der Waals surface area contributed by atoms with Crippen molar-refractivity contribution in [1.82, 2.24) is 19.8 Å². The molecular weight excluding hydrogens is 502 g/mol. The Labute approximate surface area is 236 Å². The molecule has 1 saturated heterocycles. The van der Waals surface area contributed by atoms with Gasteiger partial charge in [0.1, 0.15) is 0 Å². The van der Waals surface area contributed by atoms with Gasteiger partial charge in [0.2, 0.25) is 5.91 Å². The van der Waals surface area contributed by atoms with Crippen LogP contribution in [0.3, 0.4) is 0 Å². The zero-order valence-corrected chi connectivity index (χ0v) is 24.0. The molecule has 0 spiro atoms. The predicted octanol–water partition coefficient (Wildman–Crippen LogP) is 6.42. The lowest BCUT2D eigenvalue weighted by molar-refractivity contribution is -0.116. The highest BCUT2D eigenvalue weighted by atomic mass is 32.1. The third-order valence-electron chi connectivity index (χ3n) is 7.80. The fourth-order valence-corrected chi connectivity index (χ4v) is 5.90. The van der Waals surface area contributed by atoms with Crippen molar-refractivity contribution in [3.63, 3.8) is 0 Å². The number of anilines is 1. The molecule has 1 aliphatic rings. The number of para-hydroxylation sites is 1. The normalized spacial score (nSPS) is 16.8. The minimum absolute atomic E-state index is 0.0343. The Morgan fingerprint density at radius 3 is 2.46 bits per heavy atom. The Morgan fingerprint density at radius 2 is 1.72 bits per heavy atom. The number of aromatic nitrogens is 2. The number of nitrogens with one attached hydrogen (secondary N) is 2. The van der Waals surface area contributed by atoms with Crippen molar-refractivity contribution in [2.75, 3.05) is 11.9 Å². The zero-order chi connectivity index (χ0) is 27.7. The summed E-state index contributed by atoms with van der Waals surface area (Å²) in [4.78, 5) is 19.8. The highest BCUT2D eigenvalue weighted by Gasteiger charge is 2.41. The summed E-state index contributed by atoms with van der Waals surface area (Å²) in [5.74, 6) is -0.0343. The van der Waals surface area contributed by atoms with Crippen LogP contribution in [0.4, 0.5) is 5.69 Å². The van der Waals surface area contributed by atoms with Crippen molar-refractivity contribution in [2.24, 2.45) is 0 Å². The molecule has 0 aliphatic carbocycles. The first-order chi connectivity index (χ1) is 18.8. The molecule has 1 fully saturated rings. The van der Waals surface area contributed by atoms with E-state index >= 15 is 0 Å². The number of nitrogens with zero attached hydrogens (tertiary/aromatic N) is 3. The van der Waals surface area contributed by atoms with Gasteiger partial charge in [-0.2, -0.15) is 0 Å². The molecule has 7 heteroatoms. The molecule has 200 valence electrons. The van der Waals surface area contributed by atoms with Crippen molar-refractivity contribution in [3.8, 4) is 5.69 Å². The van der Waals surface area contributed by atoms with Gasteiger partial charge in [-0.15, -0.1) is 0 Å². The fourth-order valence-electron chi connectivity index (χ4n) is 5.57. The second kappa shape index (κ2) is 11.0. The fraction of sp³-hybridized carbons (Fsp3) is 0.281. The van der Waals surface area contributed by atoms with Crippen molar-refractivity contribution in [2.45, 2.75) is 53.1 Å². The van der Waals surface area contributed by atoms with Crippen LogP contribution in [-0.2, 0) is 4.79 Å². The topological polar surface area (TPSA) is 62.2 Å². The Bertz CT molecular complexity index is 1530. The number of pyridine rings is 1. The Balaban J connectivity index is 1.50. The van der Waals surface area contributed by atoms with E-state index in [2.05, 4.69) is 77.0 Å². The molecule has 0 bridgehead atoms. The largest absolute Gasteiger partial charge is 0.352 e. The molecule has 0 unspecified atom stereocenters. The highest BCUT2D eigenvalue weighted by molar-refractivity contribution is 7.80. The molecule has 0 radical (unpaired) electrons. The molecule has 3 heterocycles. The van der Waals surface area contributed by atoms with E-state index in [4.69, 9.17) is 12.2 Å². The van der Waals surface area contributed by atoms with E-state index in [1.54, 1.807) is 0 Å². The SMILES string of the molecule is Cc1ccccc1NC(=O)CCN1C(=S)N[C@@H](c2ccccn2)[C@H]1c1cc(C)n(-c2cccc(C)c2C)c1C. The van der Waals surface area contributed by atoms with Crippen molar-refractivity contribution in [1.29, 1.82) is 0 Å². The first-order valence-corrected chi connectivity index (χ1v) is 13.8. The first kappa shape index (κ1) is 26.6. The molecule has 1 aliphatic heterocycles. The van der Waals surface area contributed by atoms with Gasteiger partial charge in [-0.1, -0.05) is 36.4 Å². The number of aryl methyl sites for hydroxylation is 3. The quantitative estimate of drug-likeness (QED) is 0.267. The van der Waals surface area contributed by atoms with E-state index in [0.29, 0.717) is 18.1 Å². The average Bonchev–Trinajstić information content (AvgIpc) is 3.40. The number of hydrogen-bond donors (Lipinski definition) is 2. The van der Waals surface area contributed by atoms with Gasteiger partial charge in [-0.3, -0.25) is 9.78 Å². The summed E-state index contributed by atoms with van der Waals surface area (Å²) >= 11 is 5.86. The molecule has 0 saturated carbocycles. The number of benzene rings is 2. The van der Waals surface area contributed by atoms with Crippen LogP contribution in [0.2, 0.25) is 0 Å². The summed E-state index contributed by atoms with van der Waals surface area (Å²) in [7, 11) is 0. The maximum atomic E-state index is 13.0. The van der Waals surface area contributed by atoms with Gasteiger partial charge in [-0.25, -0.2) is 0 Å². The van der Waals surface area contributed by atoms with E-state index in [1.807, 2.05) is 55.6 Å². The zero-order valence-electron chi connectivity index (χ0n) is 23.2. The van der Waals surface area contributed by atoms with E-state index in [-0.39, 0.29) is 18.0 Å². The lowest BCUT2D eigenvalue weighted by Gasteiger charge is -2.28. The van der Waals surface area contributed by atoms with Crippen LogP contribution in [0, 0.1) is 34.6 Å². The smallest absolute Gasteiger partial charge is 0.226 e. The van der Waals surface area contributed by atoms with Crippen LogP contribution >= 0.6 is 12.2 Å². The molecule has 2 aromatic carbocycles. The van der Waals surface area contributed by atoms with E-state index in [9.17, 15) is 4.79 Å². The van der Waals surface area contributed by atoms with Crippen LogP contribution in [0.15, 0.2) is 72.9 Å². The summed E-state index contributed by atoms with van der Waals surface area (Å²) < 4.78 is 2.33. The van der Waals surface area contributed by atoms with Gasteiger partial charge < -0.3 is 20.1 Å². The van der Waals surface area contributed by atoms with Crippen molar-refractivity contribution < 1.29 is 4.79 Å². The molecule has 5 rings (SSSR count). The monoisotopic (exact) mass is 537 g/mol. The second-order valence-electron chi connectivity index (χ2n) is 10.3. The third-order valence-corrected chi connectivity index (χ3v) is 8.15. The molecule has 1 amide bonds. The molecule has 2 N–H and O–H groups in total. The number of rotatable bonds is 7. The van der Waals surface area contributed by atoms with Crippen molar-refractivity contribution >= 4 is 28.9 Å². The summed E-state index contributed by atoms with van der Waals surface area (Å²) in [5, 5.41) is 7.21. The maximum absolute atomic E-state index is 13.0. The first-order valence-electron chi connectivity index (χ1n) is 13.3. The minimum atomic E-state index is -0.134. The van der Waals surface area contributed by atoms with Crippen LogP contribution in [0.25, 0.3) is 5.69 Å². The highest BCUT2D eigenvalue weighted by Crippen LogP contribution is 2.41. The number of carbonyl (C=O) groups excluding carboxylic acids is 1. The van der Waals surface area contributed by atoms with Crippen LogP contribution in [-0.4, -0.2) is 32.0 Å². The molecular formula is C32H35N5OS. The van der Waals surface area contributed by atoms with E-state index in [0.717, 1.165) is 28.3 Å². The lowest BCUT2D eigenvalue weighted by Crippen LogP contribution is -2.33. The van der Waals surface area contributed by atoms with Gasteiger partial charge in [0.25, 0.3) is 0 Å². The Hall–Kier alpha value is -3.97. The third kappa shape index (κ3) is 5.19. The van der Waals surface area contributed by atoms with E-state index < -0.39 is 0 Å². The van der Waals surface area contributed by atoms with Crippen LogP contribution < -0.4 is 10.6 Å². The van der Waals surface area contributed by atoms with E-state index in [1.165, 1.54) is 22.4 Å². The summed E-state index contributed by atoms with van der Waals surface area (Å²) in [6.07, 6.45) is 2.13. The Morgan fingerprint density at radius 1 is 0.974 bits per heavy atom. The van der Waals surface area contributed by atoms with Crippen LogP contribution in [0.1, 0.15) is 57.8 Å². The molecule has 6 nitrogen and oxygen atoms in total. The van der Waals surface area contributed by atoms with Gasteiger partial charge in [0.05, 0.1) is 17.8 Å². The second-order valence-corrected chi connectivity index (χ2v) is 10.7. The predicted molar refractivity (Wildman–Crippen MR) is 161 cm³/mol. The Kier molecular flexibility index (Phi) is 7.53. The van der Waals surface area contributed by atoms with Crippen LogP contribution in [0.5, 0.6) is 0 Å².